The van der Waals surface area contributed by atoms with Crippen molar-refractivity contribution in [1.82, 2.24) is 10.6 Å². The Bertz CT molecular complexity index is 1050. The summed E-state index contributed by atoms with van der Waals surface area (Å²) in [6.07, 6.45) is 0.479. The minimum atomic E-state index is -0.712. The largest absolute Gasteiger partial charge is 0.341 e. The van der Waals surface area contributed by atoms with Crippen LogP contribution in [0.4, 0.5) is 0 Å². The van der Waals surface area contributed by atoms with Gasteiger partial charge < -0.3 is 10.6 Å². The molecular formula is C27H27N3O2. The smallest absolute Gasteiger partial charge is 0.251 e. The van der Waals surface area contributed by atoms with E-state index in [2.05, 4.69) is 16.7 Å². The molecule has 0 aliphatic rings. The van der Waals surface area contributed by atoms with Crippen LogP contribution < -0.4 is 10.6 Å². The average molecular weight is 426 g/mol. The molecule has 0 fully saturated rings. The third kappa shape index (κ3) is 6.05. The summed E-state index contributed by atoms with van der Waals surface area (Å²) in [5.74, 6) is -0.475. The van der Waals surface area contributed by atoms with Gasteiger partial charge in [0, 0.05) is 5.56 Å². The van der Waals surface area contributed by atoms with Gasteiger partial charge in [-0.25, -0.2) is 0 Å². The van der Waals surface area contributed by atoms with E-state index >= 15 is 0 Å². The van der Waals surface area contributed by atoms with Crippen molar-refractivity contribution in [1.29, 1.82) is 5.26 Å². The zero-order valence-electron chi connectivity index (χ0n) is 18.3. The van der Waals surface area contributed by atoms with Gasteiger partial charge in [0.05, 0.1) is 6.07 Å². The highest BCUT2D eigenvalue weighted by Crippen LogP contribution is 2.28. The van der Waals surface area contributed by atoms with Crippen molar-refractivity contribution in [2.45, 2.75) is 26.3 Å². The van der Waals surface area contributed by atoms with Crippen molar-refractivity contribution in [2.75, 3.05) is 6.54 Å². The summed E-state index contributed by atoms with van der Waals surface area (Å²) < 4.78 is 0. The predicted molar refractivity (Wildman–Crippen MR) is 127 cm³/mol. The van der Waals surface area contributed by atoms with E-state index in [1.54, 1.807) is 0 Å². The Morgan fingerprint density at radius 1 is 0.844 bits per heavy atom. The number of nitrogens with zero attached hydrogens (tertiary/aromatic N) is 1. The fraction of sp³-hybridized carbons (Fsp3) is 0.222. The lowest BCUT2D eigenvalue weighted by Gasteiger charge is -2.20. The molecule has 0 unspecified atom stereocenters. The minimum absolute atomic E-state index is 0.0923. The predicted octanol–water partition coefficient (Wildman–Crippen LogP) is 4.80. The Labute approximate surface area is 189 Å². The molecule has 2 N–H and O–H groups in total. The molecule has 0 radical (unpaired) electrons. The van der Waals surface area contributed by atoms with Gasteiger partial charge in [-0.1, -0.05) is 74.5 Å². The zero-order valence-corrected chi connectivity index (χ0v) is 18.3. The Hall–Kier alpha value is -3.91. The number of carbonyl (C=O) groups excluding carboxylic acids is 2. The lowest BCUT2D eigenvalue weighted by Crippen LogP contribution is -2.47. The molecule has 0 heterocycles. The molecule has 3 aromatic carbocycles. The molecule has 5 heteroatoms. The average Bonchev–Trinajstić information content (AvgIpc) is 2.82. The van der Waals surface area contributed by atoms with Crippen LogP contribution in [0.25, 0.3) is 22.3 Å². The van der Waals surface area contributed by atoms with Crippen molar-refractivity contribution in [3.63, 3.8) is 0 Å². The van der Waals surface area contributed by atoms with E-state index in [1.807, 2.05) is 92.7 Å². The summed E-state index contributed by atoms with van der Waals surface area (Å²) in [6, 6.07) is 26.7. The molecule has 0 aliphatic carbocycles. The Balaban J connectivity index is 1.96. The number of carbonyl (C=O) groups is 2. The second-order valence-electron chi connectivity index (χ2n) is 8.06. The van der Waals surface area contributed by atoms with Gasteiger partial charge in [-0.3, -0.25) is 9.59 Å². The third-order valence-electron chi connectivity index (χ3n) is 5.08. The van der Waals surface area contributed by atoms with Crippen LogP contribution in [0.2, 0.25) is 0 Å². The maximum absolute atomic E-state index is 13.2. The third-order valence-corrected chi connectivity index (χ3v) is 5.08. The van der Waals surface area contributed by atoms with Gasteiger partial charge in [0.2, 0.25) is 5.91 Å². The lowest BCUT2D eigenvalue weighted by molar-refractivity contribution is -0.123. The number of benzene rings is 3. The fourth-order valence-corrected chi connectivity index (χ4v) is 3.55. The molecule has 32 heavy (non-hydrogen) atoms. The number of hydrogen-bond donors (Lipinski definition) is 2. The second kappa shape index (κ2) is 10.9. The summed E-state index contributed by atoms with van der Waals surface area (Å²) in [6.45, 7) is 3.88. The van der Waals surface area contributed by atoms with E-state index in [-0.39, 0.29) is 24.3 Å². The van der Waals surface area contributed by atoms with Crippen LogP contribution in [0.5, 0.6) is 0 Å². The van der Waals surface area contributed by atoms with Gasteiger partial charge in [0.15, 0.2) is 0 Å². The SMILES string of the molecule is CC(C)C[C@H](NC(=O)c1cc(-c2ccccc2)cc(-c2ccccc2)c1)C(=O)NCC#N. The number of rotatable bonds is 8. The topological polar surface area (TPSA) is 82.0 Å². The normalized spacial score (nSPS) is 11.4. The monoisotopic (exact) mass is 425 g/mol. The van der Waals surface area contributed by atoms with Crippen molar-refractivity contribution in [3.8, 4) is 28.3 Å². The van der Waals surface area contributed by atoms with E-state index in [9.17, 15) is 9.59 Å². The van der Waals surface area contributed by atoms with Gasteiger partial charge in [-0.15, -0.1) is 0 Å². The number of nitriles is 1. The number of nitrogens with one attached hydrogen (secondary N) is 2. The minimum Gasteiger partial charge on any atom is -0.341 e. The van der Waals surface area contributed by atoms with Crippen LogP contribution in [-0.4, -0.2) is 24.4 Å². The summed E-state index contributed by atoms with van der Waals surface area (Å²) in [4.78, 5) is 25.7. The zero-order chi connectivity index (χ0) is 22.9. The molecule has 0 aliphatic heterocycles. The van der Waals surface area contributed by atoms with Crippen molar-refractivity contribution in [2.24, 2.45) is 5.92 Å². The Morgan fingerprint density at radius 3 is 1.84 bits per heavy atom. The summed E-state index contributed by atoms with van der Waals surface area (Å²) >= 11 is 0. The van der Waals surface area contributed by atoms with E-state index in [0.717, 1.165) is 22.3 Å². The van der Waals surface area contributed by atoms with E-state index in [1.165, 1.54) is 0 Å². The first-order chi connectivity index (χ1) is 15.5. The molecule has 0 saturated carbocycles. The van der Waals surface area contributed by atoms with E-state index in [0.29, 0.717) is 12.0 Å². The van der Waals surface area contributed by atoms with E-state index in [4.69, 9.17) is 5.26 Å². The fourth-order valence-electron chi connectivity index (χ4n) is 3.55. The van der Waals surface area contributed by atoms with Crippen LogP contribution in [-0.2, 0) is 4.79 Å². The summed E-state index contributed by atoms with van der Waals surface area (Å²) in [7, 11) is 0. The molecule has 0 saturated heterocycles. The van der Waals surface area contributed by atoms with E-state index < -0.39 is 6.04 Å². The van der Waals surface area contributed by atoms with Crippen molar-refractivity contribution < 1.29 is 9.59 Å². The maximum Gasteiger partial charge on any atom is 0.251 e. The molecule has 162 valence electrons. The number of amides is 2. The van der Waals surface area contributed by atoms with Gasteiger partial charge >= 0.3 is 0 Å². The molecular weight excluding hydrogens is 398 g/mol. The highest BCUT2D eigenvalue weighted by Gasteiger charge is 2.23. The highest BCUT2D eigenvalue weighted by atomic mass is 16.2. The molecule has 0 spiro atoms. The Kier molecular flexibility index (Phi) is 7.77. The second-order valence-corrected chi connectivity index (χ2v) is 8.06. The summed E-state index contributed by atoms with van der Waals surface area (Å²) in [5.41, 5.74) is 4.33. The molecule has 1 atom stereocenters. The first-order valence-electron chi connectivity index (χ1n) is 10.7. The van der Waals surface area contributed by atoms with Gasteiger partial charge in [0.25, 0.3) is 5.91 Å². The van der Waals surface area contributed by atoms with Crippen LogP contribution in [0, 0.1) is 17.2 Å². The number of hydrogen-bond acceptors (Lipinski definition) is 3. The van der Waals surface area contributed by atoms with Gasteiger partial charge in [-0.2, -0.15) is 5.26 Å². The van der Waals surface area contributed by atoms with Crippen LogP contribution in [0.3, 0.4) is 0 Å². The lowest BCUT2D eigenvalue weighted by atomic mass is 9.95. The molecule has 0 aromatic heterocycles. The molecule has 0 bridgehead atoms. The highest BCUT2D eigenvalue weighted by molar-refractivity contribution is 5.99. The van der Waals surface area contributed by atoms with Crippen molar-refractivity contribution in [3.05, 3.63) is 84.4 Å². The summed E-state index contributed by atoms with van der Waals surface area (Å²) in [5, 5.41) is 14.2. The molecule has 3 rings (SSSR count). The van der Waals surface area contributed by atoms with Gasteiger partial charge in [-0.05, 0) is 52.8 Å². The first kappa shape index (κ1) is 22.8. The van der Waals surface area contributed by atoms with Crippen LogP contribution in [0.15, 0.2) is 78.9 Å². The van der Waals surface area contributed by atoms with Crippen molar-refractivity contribution >= 4 is 11.8 Å². The van der Waals surface area contributed by atoms with Crippen LogP contribution in [0.1, 0.15) is 30.6 Å². The molecule has 2 amide bonds. The quantitative estimate of drug-likeness (QED) is 0.509. The molecule has 5 nitrogen and oxygen atoms in total. The Morgan fingerprint density at radius 2 is 1.38 bits per heavy atom. The standard InChI is InChI=1S/C27H27N3O2/c1-19(2)15-25(27(32)29-14-13-28)30-26(31)24-17-22(20-9-5-3-6-10-20)16-23(18-24)21-11-7-4-8-12-21/h3-12,16-19,25H,14-15H2,1-2H3,(H,29,32)(H,30,31)/t25-/m0/s1. The maximum atomic E-state index is 13.2. The van der Waals surface area contributed by atoms with Gasteiger partial charge in [0.1, 0.15) is 12.6 Å². The molecule has 3 aromatic rings. The van der Waals surface area contributed by atoms with Crippen LogP contribution >= 0.6 is 0 Å². The first-order valence-corrected chi connectivity index (χ1v) is 10.7.